The number of aromatic nitrogens is 1. The third-order valence-corrected chi connectivity index (χ3v) is 5.49. The number of hydrogen-bond donors (Lipinski definition) is 1. The van der Waals surface area contributed by atoms with Gasteiger partial charge in [-0.05, 0) is 30.4 Å². The van der Waals surface area contributed by atoms with E-state index >= 15 is 0 Å². The first-order valence-electron chi connectivity index (χ1n) is 9.48. The van der Waals surface area contributed by atoms with E-state index in [1.807, 2.05) is 0 Å². The van der Waals surface area contributed by atoms with Gasteiger partial charge < -0.3 is 14.6 Å². The van der Waals surface area contributed by atoms with Gasteiger partial charge in [-0.2, -0.15) is 0 Å². The summed E-state index contributed by atoms with van der Waals surface area (Å²) < 4.78 is 2.28. The Bertz CT molecular complexity index is 805. The average Bonchev–Trinajstić information content (AvgIpc) is 2.89. The van der Waals surface area contributed by atoms with Crippen LogP contribution in [0, 0.1) is 11.8 Å². The molecule has 0 bridgehead atoms. The van der Waals surface area contributed by atoms with Gasteiger partial charge in [-0.3, -0.25) is 0 Å². The molecule has 3 heteroatoms. The van der Waals surface area contributed by atoms with E-state index in [-0.39, 0.29) is 6.10 Å². The Labute approximate surface area is 149 Å². The number of hydrogen-bond acceptors (Lipinski definition) is 2. The first kappa shape index (κ1) is 16.6. The smallest absolute Gasteiger partial charge is 0.0845 e. The molecule has 0 spiro atoms. The molecule has 0 amide bonds. The van der Waals surface area contributed by atoms with Crippen molar-refractivity contribution in [3.05, 3.63) is 48.5 Å². The highest BCUT2D eigenvalue weighted by atomic mass is 16.3. The molecule has 1 N–H and O–H groups in total. The zero-order valence-corrected chi connectivity index (χ0v) is 15.2. The first-order chi connectivity index (χ1) is 12.1. The predicted molar refractivity (Wildman–Crippen MR) is 105 cm³/mol. The maximum absolute atomic E-state index is 10.8. The number of aliphatic hydroxyl groups excluding tert-OH is 1. The van der Waals surface area contributed by atoms with E-state index in [2.05, 4.69) is 71.8 Å². The molecule has 1 aliphatic heterocycles. The fourth-order valence-corrected chi connectivity index (χ4v) is 4.71. The summed E-state index contributed by atoms with van der Waals surface area (Å²) >= 11 is 0. The highest BCUT2D eigenvalue weighted by molar-refractivity contribution is 6.07. The molecule has 3 nitrogen and oxygen atoms in total. The summed E-state index contributed by atoms with van der Waals surface area (Å²) in [6.07, 6.45) is 0.955. The number of likely N-dealkylation sites (tertiary alicyclic amines) is 1. The van der Waals surface area contributed by atoms with Gasteiger partial charge in [0, 0.05) is 41.4 Å². The molecular weight excluding hydrogens is 308 g/mol. The molecule has 3 aromatic rings. The Morgan fingerprint density at radius 1 is 0.880 bits per heavy atom. The monoisotopic (exact) mass is 336 g/mol. The summed E-state index contributed by atoms with van der Waals surface area (Å²) in [6, 6.07) is 17.0. The number of benzene rings is 2. The average molecular weight is 336 g/mol. The topological polar surface area (TPSA) is 28.4 Å². The lowest BCUT2D eigenvalue weighted by Crippen LogP contribution is -2.43. The zero-order valence-electron chi connectivity index (χ0n) is 15.2. The third-order valence-electron chi connectivity index (χ3n) is 5.49. The van der Waals surface area contributed by atoms with E-state index in [0.29, 0.717) is 6.54 Å². The van der Waals surface area contributed by atoms with Crippen LogP contribution in [0.15, 0.2) is 48.5 Å². The van der Waals surface area contributed by atoms with Gasteiger partial charge in [0.2, 0.25) is 0 Å². The van der Waals surface area contributed by atoms with Crippen molar-refractivity contribution in [3.63, 3.8) is 0 Å². The van der Waals surface area contributed by atoms with Crippen LogP contribution in [-0.4, -0.2) is 40.3 Å². The maximum Gasteiger partial charge on any atom is 0.0845 e. The van der Waals surface area contributed by atoms with Crippen molar-refractivity contribution in [2.45, 2.75) is 32.9 Å². The molecule has 1 saturated heterocycles. The first-order valence-corrected chi connectivity index (χ1v) is 9.48. The van der Waals surface area contributed by atoms with E-state index < -0.39 is 0 Å². The Morgan fingerprint density at radius 3 is 1.96 bits per heavy atom. The van der Waals surface area contributed by atoms with E-state index in [1.165, 1.54) is 28.2 Å². The lowest BCUT2D eigenvalue weighted by atomic mass is 9.92. The zero-order chi connectivity index (χ0) is 17.4. The molecule has 0 unspecified atom stereocenters. The van der Waals surface area contributed by atoms with Crippen molar-refractivity contribution < 1.29 is 5.11 Å². The second-order valence-electron chi connectivity index (χ2n) is 7.96. The van der Waals surface area contributed by atoms with E-state index in [9.17, 15) is 5.11 Å². The van der Waals surface area contributed by atoms with Crippen LogP contribution in [0.5, 0.6) is 0 Å². The Kier molecular flexibility index (Phi) is 4.53. The van der Waals surface area contributed by atoms with Crippen LogP contribution in [0.2, 0.25) is 0 Å². The lowest BCUT2D eigenvalue weighted by molar-refractivity contribution is 0.0626. The van der Waals surface area contributed by atoms with Crippen LogP contribution >= 0.6 is 0 Å². The second kappa shape index (κ2) is 6.81. The summed E-state index contributed by atoms with van der Waals surface area (Å²) in [5.74, 6) is 1.45. The summed E-state index contributed by atoms with van der Waals surface area (Å²) in [7, 11) is 0. The molecule has 132 valence electrons. The standard InChI is InChI=1S/C22H28N2O/c1-16-11-17(2)13-23(12-16)14-18(25)15-24-21-9-5-3-7-19(21)20-8-4-6-10-22(20)24/h3-10,16-18,25H,11-15H2,1-2H3/t16-,17-,18-/m1/s1. The van der Waals surface area contributed by atoms with E-state index in [4.69, 9.17) is 0 Å². The molecule has 2 heterocycles. The lowest BCUT2D eigenvalue weighted by Gasteiger charge is -2.36. The van der Waals surface area contributed by atoms with Crippen molar-refractivity contribution in [2.75, 3.05) is 19.6 Å². The minimum atomic E-state index is -0.350. The molecule has 0 radical (unpaired) electrons. The summed E-state index contributed by atoms with van der Waals surface area (Å²) in [4.78, 5) is 2.44. The third kappa shape index (κ3) is 3.31. The second-order valence-corrected chi connectivity index (χ2v) is 7.96. The largest absolute Gasteiger partial charge is 0.390 e. The van der Waals surface area contributed by atoms with Gasteiger partial charge in [-0.15, -0.1) is 0 Å². The van der Waals surface area contributed by atoms with Gasteiger partial charge in [-0.25, -0.2) is 0 Å². The number of rotatable bonds is 4. The minimum Gasteiger partial charge on any atom is -0.390 e. The van der Waals surface area contributed by atoms with Gasteiger partial charge in [0.15, 0.2) is 0 Å². The number of fused-ring (bicyclic) bond motifs is 3. The van der Waals surface area contributed by atoms with E-state index in [0.717, 1.165) is 31.5 Å². The van der Waals surface area contributed by atoms with Crippen molar-refractivity contribution in [1.82, 2.24) is 9.47 Å². The molecular formula is C22H28N2O. The molecule has 1 fully saturated rings. The van der Waals surface area contributed by atoms with Gasteiger partial charge >= 0.3 is 0 Å². The predicted octanol–water partition coefficient (Wildman–Crippen LogP) is 4.13. The molecule has 25 heavy (non-hydrogen) atoms. The highest BCUT2D eigenvalue weighted by Gasteiger charge is 2.24. The van der Waals surface area contributed by atoms with Gasteiger partial charge in [0.25, 0.3) is 0 Å². The molecule has 0 saturated carbocycles. The summed E-state index contributed by atoms with van der Waals surface area (Å²) in [6.45, 7) is 8.26. The van der Waals surface area contributed by atoms with Crippen LogP contribution in [0.4, 0.5) is 0 Å². The number of β-amino-alcohol motifs (C(OH)–C–C–N with tert-alkyl or cyclic N) is 1. The molecule has 1 aliphatic rings. The number of nitrogens with zero attached hydrogens (tertiary/aromatic N) is 2. The Hall–Kier alpha value is -1.84. The van der Waals surface area contributed by atoms with Crippen LogP contribution < -0.4 is 0 Å². The van der Waals surface area contributed by atoms with Crippen molar-refractivity contribution >= 4 is 21.8 Å². The molecule has 4 rings (SSSR count). The SMILES string of the molecule is C[C@@H]1C[C@@H](C)CN(C[C@@H](O)Cn2c3ccccc3c3ccccc32)C1. The van der Waals surface area contributed by atoms with Crippen LogP contribution in [0.25, 0.3) is 21.8 Å². The van der Waals surface area contributed by atoms with Gasteiger partial charge in [0.1, 0.15) is 0 Å². The Balaban J connectivity index is 1.59. The number of piperidine rings is 1. The normalized spacial score (nSPS) is 23.3. The Morgan fingerprint density at radius 2 is 1.40 bits per heavy atom. The van der Waals surface area contributed by atoms with Crippen molar-refractivity contribution in [1.29, 1.82) is 0 Å². The quantitative estimate of drug-likeness (QED) is 0.776. The highest BCUT2D eigenvalue weighted by Crippen LogP contribution is 2.29. The molecule has 0 aliphatic carbocycles. The molecule has 1 aromatic heterocycles. The van der Waals surface area contributed by atoms with Crippen LogP contribution in [0.1, 0.15) is 20.3 Å². The van der Waals surface area contributed by atoms with Crippen molar-refractivity contribution in [3.8, 4) is 0 Å². The maximum atomic E-state index is 10.8. The number of para-hydroxylation sites is 2. The van der Waals surface area contributed by atoms with Crippen LogP contribution in [0.3, 0.4) is 0 Å². The number of aliphatic hydroxyl groups is 1. The van der Waals surface area contributed by atoms with Crippen LogP contribution in [-0.2, 0) is 6.54 Å². The molecule has 2 aromatic carbocycles. The van der Waals surface area contributed by atoms with E-state index in [1.54, 1.807) is 0 Å². The minimum absolute atomic E-state index is 0.350. The van der Waals surface area contributed by atoms with Gasteiger partial charge in [-0.1, -0.05) is 50.2 Å². The van der Waals surface area contributed by atoms with Gasteiger partial charge in [0.05, 0.1) is 12.6 Å². The van der Waals surface area contributed by atoms with Crippen molar-refractivity contribution in [2.24, 2.45) is 11.8 Å². The summed E-state index contributed by atoms with van der Waals surface area (Å²) in [5, 5.41) is 13.3. The fraction of sp³-hybridized carbons (Fsp3) is 0.455. The fourth-order valence-electron chi connectivity index (χ4n) is 4.71. The molecule has 3 atom stereocenters. The summed E-state index contributed by atoms with van der Waals surface area (Å²) in [5.41, 5.74) is 2.42.